The summed E-state index contributed by atoms with van der Waals surface area (Å²) in [6, 6.07) is 17.9. The van der Waals surface area contributed by atoms with Gasteiger partial charge in [0, 0.05) is 5.56 Å². The van der Waals surface area contributed by atoms with E-state index in [2.05, 4.69) is 13.8 Å². The fraction of sp³-hybridized carbons (Fsp3) is 0.190. The maximum Gasteiger partial charge on any atom is 0.185 e. The molecule has 0 heterocycles. The van der Waals surface area contributed by atoms with Crippen molar-refractivity contribution >= 4 is 11.9 Å². The highest BCUT2D eigenvalue weighted by Crippen LogP contribution is 2.10. The molecule has 0 fully saturated rings. The molecule has 2 rings (SSSR count). The molecule has 0 aliphatic heterocycles. The van der Waals surface area contributed by atoms with E-state index in [-0.39, 0.29) is 5.78 Å². The van der Waals surface area contributed by atoms with Crippen LogP contribution in [0, 0.1) is 5.92 Å². The van der Waals surface area contributed by atoms with Gasteiger partial charge in [0.1, 0.15) is 0 Å². The maximum atomic E-state index is 12.1. The van der Waals surface area contributed by atoms with Crippen molar-refractivity contribution in [3.05, 3.63) is 89.5 Å². The second kappa shape index (κ2) is 8.14. The minimum Gasteiger partial charge on any atom is -0.289 e. The zero-order valence-corrected chi connectivity index (χ0v) is 13.2. The fourth-order valence-electron chi connectivity index (χ4n) is 2.25. The SMILES string of the molecule is CC(C)Cc1ccc(C(=O)C=CC=Cc2ccccc2)cc1. The summed E-state index contributed by atoms with van der Waals surface area (Å²) in [5.41, 5.74) is 3.13. The van der Waals surface area contributed by atoms with E-state index in [4.69, 9.17) is 0 Å². The van der Waals surface area contributed by atoms with Crippen LogP contribution < -0.4 is 0 Å². The molecule has 0 bridgehead atoms. The van der Waals surface area contributed by atoms with Crippen molar-refractivity contribution in [1.82, 2.24) is 0 Å². The van der Waals surface area contributed by atoms with Crippen molar-refractivity contribution in [3.8, 4) is 0 Å². The van der Waals surface area contributed by atoms with Gasteiger partial charge in [-0.2, -0.15) is 0 Å². The van der Waals surface area contributed by atoms with Gasteiger partial charge in [0.15, 0.2) is 5.78 Å². The molecule has 2 aromatic rings. The molecular weight excluding hydrogens is 268 g/mol. The zero-order valence-electron chi connectivity index (χ0n) is 13.2. The Morgan fingerprint density at radius 3 is 2.27 bits per heavy atom. The van der Waals surface area contributed by atoms with Crippen LogP contribution in [-0.4, -0.2) is 5.78 Å². The number of allylic oxidation sites excluding steroid dienone is 3. The van der Waals surface area contributed by atoms with E-state index >= 15 is 0 Å². The predicted molar refractivity (Wildman–Crippen MR) is 93.9 cm³/mol. The van der Waals surface area contributed by atoms with Crippen molar-refractivity contribution in [2.75, 3.05) is 0 Å². The minimum absolute atomic E-state index is 0.0359. The normalized spacial score (nSPS) is 11.6. The summed E-state index contributed by atoms with van der Waals surface area (Å²) in [6.07, 6.45) is 8.31. The standard InChI is InChI=1S/C21H22O/c1-17(2)16-19-12-14-20(15-13-19)21(22)11-7-6-10-18-8-4-3-5-9-18/h3-15,17H,16H2,1-2H3. The van der Waals surface area contributed by atoms with Crippen molar-refractivity contribution in [1.29, 1.82) is 0 Å². The predicted octanol–water partition coefficient (Wildman–Crippen LogP) is 5.34. The van der Waals surface area contributed by atoms with E-state index in [0.29, 0.717) is 5.92 Å². The molecule has 0 saturated carbocycles. The van der Waals surface area contributed by atoms with E-state index in [1.807, 2.05) is 66.7 Å². The lowest BCUT2D eigenvalue weighted by Crippen LogP contribution is -1.97. The highest BCUT2D eigenvalue weighted by atomic mass is 16.1. The Morgan fingerprint density at radius 1 is 0.955 bits per heavy atom. The Balaban J connectivity index is 1.94. The molecule has 0 spiro atoms. The van der Waals surface area contributed by atoms with Crippen LogP contribution >= 0.6 is 0 Å². The van der Waals surface area contributed by atoms with Crippen molar-refractivity contribution in [2.24, 2.45) is 5.92 Å². The Morgan fingerprint density at radius 2 is 1.64 bits per heavy atom. The Hall–Kier alpha value is -2.41. The Labute approximate surface area is 133 Å². The number of carbonyl (C=O) groups excluding carboxylic acids is 1. The van der Waals surface area contributed by atoms with Gasteiger partial charge in [-0.3, -0.25) is 4.79 Å². The molecule has 0 aromatic heterocycles. The first-order valence-corrected chi connectivity index (χ1v) is 7.68. The van der Waals surface area contributed by atoms with Gasteiger partial charge >= 0.3 is 0 Å². The Bertz CT molecular complexity index is 646. The number of hydrogen-bond donors (Lipinski definition) is 0. The third kappa shape index (κ3) is 5.17. The van der Waals surface area contributed by atoms with Gasteiger partial charge in [0.25, 0.3) is 0 Å². The van der Waals surface area contributed by atoms with Gasteiger partial charge < -0.3 is 0 Å². The summed E-state index contributed by atoms with van der Waals surface area (Å²) in [4.78, 5) is 12.1. The molecule has 0 aliphatic rings. The van der Waals surface area contributed by atoms with Crippen molar-refractivity contribution in [3.63, 3.8) is 0 Å². The molecule has 0 atom stereocenters. The van der Waals surface area contributed by atoms with E-state index in [1.54, 1.807) is 12.2 Å². The van der Waals surface area contributed by atoms with Crippen LogP contribution in [0.1, 0.15) is 35.3 Å². The Kier molecular flexibility index (Phi) is 5.91. The molecule has 0 N–H and O–H groups in total. The first-order valence-electron chi connectivity index (χ1n) is 7.68. The average molecular weight is 290 g/mol. The van der Waals surface area contributed by atoms with Crippen LogP contribution in [0.25, 0.3) is 6.08 Å². The van der Waals surface area contributed by atoms with Crippen molar-refractivity contribution in [2.45, 2.75) is 20.3 Å². The average Bonchev–Trinajstić information content (AvgIpc) is 2.52. The molecule has 0 amide bonds. The molecule has 1 nitrogen and oxygen atoms in total. The van der Waals surface area contributed by atoms with Gasteiger partial charge in [0.05, 0.1) is 0 Å². The largest absolute Gasteiger partial charge is 0.289 e. The van der Waals surface area contributed by atoms with Crippen LogP contribution in [0.4, 0.5) is 0 Å². The monoisotopic (exact) mass is 290 g/mol. The summed E-state index contributed by atoms with van der Waals surface area (Å²) in [7, 11) is 0. The lowest BCUT2D eigenvalue weighted by Gasteiger charge is -2.05. The lowest BCUT2D eigenvalue weighted by atomic mass is 10.0. The van der Waals surface area contributed by atoms with Crippen molar-refractivity contribution < 1.29 is 4.79 Å². The topological polar surface area (TPSA) is 17.1 Å². The third-order valence-electron chi connectivity index (χ3n) is 3.33. The number of carbonyl (C=O) groups is 1. The van der Waals surface area contributed by atoms with E-state index < -0.39 is 0 Å². The van der Waals surface area contributed by atoms with Gasteiger partial charge in [-0.25, -0.2) is 0 Å². The molecule has 0 unspecified atom stereocenters. The van der Waals surface area contributed by atoms with Gasteiger partial charge in [-0.15, -0.1) is 0 Å². The lowest BCUT2D eigenvalue weighted by molar-refractivity contribution is 0.104. The molecule has 0 saturated heterocycles. The molecule has 1 heteroatoms. The van der Waals surface area contributed by atoms with E-state index in [9.17, 15) is 4.79 Å². The molecule has 0 radical (unpaired) electrons. The second-order valence-corrected chi connectivity index (χ2v) is 5.79. The van der Waals surface area contributed by atoms with Gasteiger partial charge in [0.2, 0.25) is 0 Å². The zero-order chi connectivity index (χ0) is 15.8. The minimum atomic E-state index is 0.0359. The highest BCUT2D eigenvalue weighted by Gasteiger charge is 2.02. The van der Waals surface area contributed by atoms with Crippen LogP contribution in [0.15, 0.2) is 72.8 Å². The van der Waals surface area contributed by atoms with Crippen LogP contribution in [0.5, 0.6) is 0 Å². The third-order valence-corrected chi connectivity index (χ3v) is 3.33. The summed E-state index contributed by atoms with van der Waals surface area (Å²) < 4.78 is 0. The number of benzene rings is 2. The van der Waals surface area contributed by atoms with Gasteiger partial charge in [-0.1, -0.05) is 86.7 Å². The second-order valence-electron chi connectivity index (χ2n) is 5.79. The first-order chi connectivity index (χ1) is 10.6. The van der Waals surface area contributed by atoms with E-state index in [1.165, 1.54) is 5.56 Å². The summed E-state index contributed by atoms with van der Waals surface area (Å²) in [5, 5.41) is 0. The number of rotatable bonds is 6. The summed E-state index contributed by atoms with van der Waals surface area (Å²) >= 11 is 0. The maximum absolute atomic E-state index is 12.1. The fourth-order valence-corrected chi connectivity index (χ4v) is 2.25. The molecule has 22 heavy (non-hydrogen) atoms. The molecule has 0 aliphatic carbocycles. The van der Waals surface area contributed by atoms with Crippen LogP contribution in [0.3, 0.4) is 0 Å². The quantitative estimate of drug-likeness (QED) is 0.399. The number of ketones is 1. The molecule has 112 valence electrons. The summed E-state index contributed by atoms with van der Waals surface area (Å²) in [5.74, 6) is 0.665. The number of hydrogen-bond acceptors (Lipinski definition) is 1. The first kappa shape index (κ1) is 16.0. The van der Waals surface area contributed by atoms with Crippen LogP contribution in [0.2, 0.25) is 0 Å². The molecular formula is C21H22O. The summed E-state index contributed by atoms with van der Waals surface area (Å²) in [6.45, 7) is 4.39. The van der Waals surface area contributed by atoms with Gasteiger partial charge in [-0.05, 0) is 29.5 Å². The highest BCUT2D eigenvalue weighted by molar-refractivity contribution is 6.04. The smallest absolute Gasteiger partial charge is 0.185 e. The van der Waals surface area contributed by atoms with Crippen LogP contribution in [-0.2, 0) is 6.42 Å². The molecule has 2 aromatic carbocycles. The van der Waals surface area contributed by atoms with E-state index in [0.717, 1.165) is 17.5 Å².